The molecule has 0 saturated heterocycles. The van der Waals surface area contributed by atoms with Crippen LogP contribution in [0.1, 0.15) is 35.9 Å². The van der Waals surface area contributed by atoms with Crippen LogP contribution in [-0.2, 0) is 11.3 Å². The summed E-state index contributed by atoms with van der Waals surface area (Å²) in [4.78, 5) is 45.3. The Balaban J connectivity index is 1.47. The molecule has 0 fully saturated rings. The third kappa shape index (κ3) is 5.47. The third-order valence-electron chi connectivity index (χ3n) is 5.11. The molecular weight excluding hydrogens is 488 g/mol. The Morgan fingerprint density at radius 2 is 1.83 bits per heavy atom. The van der Waals surface area contributed by atoms with Crippen LogP contribution in [0.5, 0.6) is 5.75 Å². The molecule has 0 radical (unpaired) electrons. The van der Waals surface area contributed by atoms with Crippen molar-refractivity contribution < 1.29 is 19.1 Å². The molecule has 0 spiro atoms. The van der Waals surface area contributed by atoms with E-state index in [9.17, 15) is 14.4 Å². The van der Waals surface area contributed by atoms with Gasteiger partial charge >= 0.3 is 12.0 Å². The lowest BCUT2D eigenvalue weighted by Crippen LogP contribution is -2.23. The first kappa shape index (κ1) is 24.7. The van der Waals surface area contributed by atoms with E-state index in [1.165, 1.54) is 35.9 Å². The summed E-state index contributed by atoms with van der Waals surface area (Å²) in [5, 5.41) is 5.74. The minimum absolute atomic E-state index is 0.0345. The van der Waals surface area contributed by atoms with Crippen LogP contribution in [0.4, 0.5) is 16.2 Å². The number of aromatic nitrogens is 4. The quantitative estimate of drug-likeness (QED) is 0.357. The molecule has 2 aromatic carbocycles. The maximum Gasteiger partial charge on any atom is 0.337 e. The number of amides is 2. The smallest absolute Gasteiger partial charge is 0.337 e. The first-order chi connectivity index (χ1) is 17.2. The number of anilines is 2. The highest BCUT2D eigenvalue weighted by Crippen LogP contribution is 2.29. The van der Waals surface area contributed by atoms with Gasteiger partial charge < -0.3 is 20.1 Å². The predicted molar refractivity (Wildman–Crippen MR) is 134 cm³/mol. The van der Waals surface area contributed by atoms with Gasteiger partial charge in [0.2, 0.25) is 0 Å². The van der Waals surface area contributed by atoms with E-state index in [0.29, 0.717) is 33.4 Å². The van der Waals surface area contributed by atoms with Crippen molar-refractivity contribution in [1.82, 2.24) is 19.2 Å². The van der Waals surface area contributed by atoms with Gasteiger partial charge in [0.15, 0.2) is 0 Å². The van der Waals surface area contributed by atoms with E-state index in [4.69, 9.17) is 16.3 Å². The van der Waals surface area contributed by atoms with Crippen LogP contribution in [0.25, 0.3) is 5.78 Å². The second-order valence-corrected chi connectivity index (χ2v) is 8.43. The van der Waals surface area contributed by atoms with Gasteiger partial charge in [-0.3, -0.25) is 9.48 Å². The van der Waals surface area contributed by atoms with Crippen molar-refractivity contribution in [2.75, 3.05) is 17.7 Å². The zero-order valence-electron chi connectivity index (χ0n) is 19.7. The number of urea groups is 1. The fraction of sp³-hybridized carbons (Fsp3) is 0.208. The summed E-state index contributed by atoms with van der Waals surface area (Å²) in [6.45, 7) is 3.84. The summed E-state index contributed by atoms with van der Waals surface area (Å²) in [6, 6.07) is 11.8. The van der Waals surface area contributed by atoms with E-state index >= 15 is 0 Å². The van der Waals surface area contributed by atoms with E-state index < -0.39 is 12.0 Å². The molecule has 2 aromatic heterocycles. The first-order valence-corrected chi connectivity index (χ1v) is 11.3. The van der Waals surface area contributed by atoms with Crippen molar-refractivity contribution >= 4 is 40.8 Å². The Bertz CT molecular complexity index is 1480. The van der Waals surface area contributed by atoms with Gasteiger partial charge in [-0.05, 0) is 56.3 Å². The van der Waals surface area contributed by atoms with Crippen LogP contribution in [0.3, 0.4) is 0 Å². The zero-order valence-corrected chi connectivity index (χ0v) is 20.4. The molecule has 2 amide bonds. The van der Waals surface area contributed by atoms with Gasteiger partial charge in [-0.15, -0.1) is 0 Å². The zero-order chi connectivity index (χ0) is 25.8. The summed E-state index contributed by atoms with van der Waals surface area (Å²) in [6.07, 6.45) is 1.56. The average molecular weight is 511 g/mol. The maximum atomic E-state index is 12.6. The number of rotatable bonds is 7. The molecule has 12 heteroatoms. The van der Waals surface area contributed by atoms with Gasteiger partial charge in [0, 0.05) is 22.8 Å². The average Bonchev–Trinajstić information content (AvgIpc) is 3.28. The number of nitrogens with one attached hydrogen (secondary N) is 2. The van der Waals surface area contributed by atoms with Gasteiger partial charge in [-0.2, -0.15) is 9.50 Å². The number of benzene rings is 2. The number of nitrogens with zero attached hydrogens (tertiary/aromatic N) is 4. The van der Waals surface area contributed by atoms with Crippen molar-refractivity contribution in [3.8, 4) is 5.75 Å². The summed E-state index contributed by atoms with van der Waals surface area (Å²) in [5.74, 6) is 0.114. The number of esters is 1. The van der Waals surface area contributed by atoms with Gasteiger partial charge in [-0.25, -0.2) is 14.6 Å². The summed E-state index contributed by atoms with van der Waals surface area (Å²) in [7, 11) is 1.29. The highest BCUT2D eigenvalue weighted by Gasteiger charge is 2.13. The summed E-state index contributed by atoms with van der Waals surface area (Å²) in [5.41, 5.74) is 1.23. The highest BCUT2D eigenvalue weighted by molar-refractivity contribution is 6.31. The van der Waals surface area contributed by atoms with Gasteiger partial charge in [0.25, 0.3) is 11.3 Å². The van der Waals surface area contributed by atoms with E-state index in [-0.39, 0.29) is 24.0 Å². The molecule has 11 nitrogen and oxygen atoms in total. The van der Waals surface area contributed by atoms with E-state index in [1.54, 1.807) is 35.3 Å². The monoisotopic (exact) mass is 510 g/mol. The van der Waals surface area contributed by atoms with Crippen molar-refractivity contribution in [2.45, 2.75) is 26.5 Å². The number of hydrogen-bond donors (Lipinski definition) is 2. The molecule has 0 aliphatic heterocycles. The molecule has 2 N–H and O–H groups in total. The maximum absolute atomic E-state index is 12.6. The molecule has 186 valence electrons. The Morgan fingerprint density at radius 3 is 2.53 bits per heavy atom. The van der Waals surface area contributed by atoms with Crippen LogP contribution in [0.15, 0.2) is 59.7 Å². The molecule has 2 heterocycles. The minimum Gasteiger partial charge on any atom is -0.485 e. The number of fused-ring (bicyclic) bond motifs is 1. The normalized spacial score (nSPS) is 10.9. The number of ether oxygens (including phenoxy) is 2. The van der Waals surface area contributed by atoms with Crippen molar-refractivity contribution in [3.05, 3.63) is 81.5 Å². The molecule has 0 unspecified atom stereocenters. The fourth-order valence-corrected chi connectivity index (χ4v) is 3.55. The molecule has 4 aromatic rings. The Hall–Kier alpha value is -4.38. The molecular formula is C24H23ClN6O5. The number of methoxy groups -OCH3 is 1. The molecule has 0 aliphatic carbocycles. The Kier molecular flexibility index (Phi) is 7.20. The Morgan fingerprint density at radius 1 is 1.08 bits per heavy atom. The van der Waals surface area contributed by atoms with Crippen LogP contribution in [0, 0.1) is 0 Å². The van der Waals surface area contributed by atoms with Crippen molar-refractivity contribution in [1.29, 1.82) is 0 Å². The van der Waals surface area contributed by atoms with Crippen LogP contribution < -0.4 is 20.9 Å². The first-order valence-electron chi connectivity index (χ1n) is 10.9. The standard InChI is InChI=1S/C24H23ClN6O5/c1-14(2)30-13-26-23-27-18(11-21(32)31(23)30)12-36-20-9-6-16(25)10-19(20)29-24(34)28-17-7-4-15(5-8-17)22(33)35-3/h4-11,13-14H,12H2,1-3H3,(H2,28,29,34). The molecule has 0 atom stereocenters. The topological polar surface area (TPSA) is 129 Å². The fourth-order valence-electron chi connectivity index (χ4n) is 3.38. The van der Waals surface area contributed by atoms with Crippen LogP contribution in [0.2, 0.25) is 5.02 Å². The number of carbonyl (C=O) groups is 2. The van der Waals surface area contributed by atoms with E-state index in [1.807, 2.05) is 13.8 Å². The molecule has 0 saturated carbocycles. The van der Waals surface area contributed by atoms with Gasteiger partial charge in [0.05, 0.1) is 24.1 Å². The van der Waals surface area contributed by atoms with E-state index in [2.05, 4.69) is 25.3 Å². The second-order valence-electron chi connectivity index (χ2n) is 7.99. The number of hydrogen-bond acceptors (Lipinski definition) is 7. The van der Waals surface area contributed by atoms with Crippen molar-refractivity contribution in [2.24, 2.45) is 0 Å². The predicted octanol–water partition coefficient (Wildman–Crippen LogP) is 4.13. The van der Waals surface area contributed by atoms with Gasteiger partial charge in [0.1, 0.15) is 18.7 Å². The Labute approximate surface area is 210 Å². The molecule has 36 heavy (non-hydrogen) atoms. The molecule has 0 aliphatic rings. The SMILES string of the molecule is COC(=O)c1ccc(NC(=O)Nc2cc(Cl)ccc2OCc2cc(=O)n3c(ncn3C(C)C)n2)cc1. The van der Waals surface area contributed by atoms with Crippen LogP contribution in [-0.4, -0.2) is 38.3 Å². The lowest BCUT2D eigenvalue weighted by Gasteiger charge is -2.14. The van der Waals surface area contributed by atoms with E-state index in [0.717, 1.165) is 0 Å². The molecule has 4 rings (SSSR count). The minimum atomic E-state index is -0.551. The number of carbonyl (C=O) groups excluding carboxylic acids is 2. The molecule has 0 bridgehead atoms. The third-order valence-corrected chi connectivity index (χ3v) is 5.35. The largest absolute Gasteiger partial charge is 0.485 e. The lowest BCUT2D eigenvalue weighted by atomic mass is 10.2. The summed E-state index contributed by atoms with van der Waals surface area (Å²) < 4.78 is 13.6. The highest BCUT2D eigenvalue weighted by atomic mass is 35.5. The van der Waals surface area contributed by atoms with Gasteiger partial charge in [-0.1, -0.05) is 11.6 Å². The lowest BCUT2D eigenvalue weighted by molar-refractivity contribution is 0.0600. The second kappa shape index (κ2) is 10.5. The van der Waals surface area contributed by atoms with Crippen LogP contribution >= 0.6 is 11.6 Å². The number of halogens is 1. The van der Waals surface area contributed by atoms with Crippen molar-refractivity contribution in [3.63, 3.8) is 0 Å². The summed E-state index contributed by atoms with van der Waals surface area (Å²) >= 11 is 6.11.